The van der Waals surface area contributed by atoms with Crippen LogP contribution in [0.2, 0.25) is 6.82 Å². The summed E-state index contributed by atoms with van der Waals surface area (Å²) in [5.74, 6) is 0.182. The van der Waals surface area contributed by atoms with Gasteiger partial charge in [-0.2, -0.15) is 0 Å². The van der Waals surface area contributed by atoms with Gasteiger partial charge in [0.15, 0.2) is 0 Å². The van der Waals surface area contributed by atoms with Crippen LogP contribution >= 0.6 is 0 Å². The molecule has 0 aliphatic rings. The molecule has 2 heteroatoms. The topological polar surface area (TPSA) is 0 Å². The van der Waals surface area contributed by atoms with Gasteiger partial charge in [-0.3, -0.25) is 0 Å². The van der Waals surface area contributed by atoms with Crippen molar-refractivity contribution in [2.24, 2.45) is 0 Å². The van der Waals surface area contributed by atoms with E-state index < -0.39 is 0 Å². The minimum atomic E-state index is -0.156. The fourth-order valence-electron chi connectivity index (χ4n) is 0.982. The van der Waals surface area contributed by atoms with Gasteiger partial charge in [0, 0.05) is 0 Å². The summed E-state index contributed by atoms with van der Waals surface area (Å²) in [7, 11) is 2.05. The van der Waals surface area contributed by atoms with Crippen LogP contribution in [0.4, 0.5) is 4.39 Å². The molecule has 1 unspecified atom stereocenters. The van der Waals surface area contributed by atoms with E-state index in [4.69, 9.17) is 0 Å². The standard InChI is InChI=1S/C9H11BF/c1-7(10-2)8-4-3-5-9(11)6-8/h3-7H,1-2H3. The Morgan fingerprint density at radius 3 is 2.73 bits per heavy atom. The van der Waals surface area contributed by atoms with Crippen molar-refractivity contribution >= 4 is 7.28 Å². The van der Waals surface area contributed by atoms with Crippen LogP contribution in [0.5, 0.6) is 0 Å². The predicted molar refractivity (Wildman–Crippen MR) is 46.4 cm³/mol. The third-order valence-electron chi connectivity index (χ3n) is 1.87. The summed E-state index contributed by atoms with van der Waals surface area (Å²) in [5, 5.41) is 0. The number of benzene rings is 1. The fourth-order valence-corrected chi connectivity index (χ4v) is 0.982. The van der Waals surface area contributed by atoms with Crippen molar-refractivity contribution in [1.82, 2.24) is 0 Å². The third-order valence-corrected chi connectivity index (χ3v) is 1.87. The highest BCUT2D eigenvalue weighted by atomic mass is 19.1. The normalized spacial score (nSPS) is 12.6. The molecular weight excluding hydrogens is 138 g/mol. The molecule has 0 spiro atoms. The van der Waals surface area contributed by atoms with E-state index in [0.29, 0.717) is 5.82 Å². The molecule has 0 nitrogen and oxygen atoms in total. The van der Waals surface area contributed by atoms with E-state index >= 15 is 0 Å². The first-order chi connectivity index (χ1) is 5.24. The molecule has 0 heterocycles. The zero-order chi connectivity index (χ0) is 8.27. The second-order valence-electron chi connectivity index (χ2n) is 2.68. The van der Waals surface area contributed by atoms with Crippen LogP contribution in [0.15, 0.2) is 24.3 Å². The van der Waals surface area contributed by atoms with E-state index in [1.54, 1.807) is 12.1 Å². The Hall–Kier alpha value is -0.785. The first kappa shape index (κ1) is 8.31. The molecule has 0 fully saturated rings. The van der Waals surface area contributed by atoms with Gasteiger partial charge in [-0.1, -0.05) is 31.4 Å². The molecule has 11 heavy (non-hydrogen) atoms. The molecule has 0 N–H and O–H groups in total. The Bertz CT molecular complexity index is 235. The molecule has 0 saturated heterocycles. The molecule has 0 aromatic heterocycles. The Morgan fingerprint density at radius 1 is 1.45 bits per heavy atom. The Kier molecular flexibility index (Phi) is 2.69. The van der Waals surface area contributed by atoms with Gasteiger partial charge < -0.3 is 0 Å². The van der Waals surface area contributed by atoms with Crippen LogP contribution in [0, 0.1) is 5.82 Å². The van der Waals surface area contributed by atoms with Crippen LogP contribution < -0.4 is 0 Å². The predicted octanol–water partition coefficient (Wildman–Crippen LogP) is 2.64. The minimum Gasteiger partial charge on any atom is -0.207 e. The third kappa shape index (κ3) is 2.07. The van der Waals surface area contributed by atoms with E-state index in [9.17, 15) is 4.39 Å². The lowest BCUT2D eigenvalue weighted by atomic mass is 9.65. The largest absolute Gasteiger partial charge is 0.207 e. The number of rotatable bonds is 2. The zero-order valence-corrected chi connectivity index (χ0v) is 6.84. The second-order valence-corrected chi connectivity index (χ2v) is 2.68. The molecule has 0 amide bonds. The molecule has 0 aliphatic heterocycles. The number of halogens is 1. The molecule has 0 bridgehead atoms. The summed E-state index contributed by atoms with van der Waals surface area (Å²) >= 11 is 0. The molecule has 1 radical (unpaired) electrons. The van der Waals surface area contributed by atoms with E-state index in [-0.39, 0.29) is 5.82 Å². The molecule has 1 aromatic carbocycles. The average Bonchev–Trinajstić information content (AvgIpc) is 2.03. The van der Waals surface area contributed by atoms with Crippen molar-refractivity contribution in [2.75, 3.05) is 0 Å². The fraction of sp³-hybridized carbons (Fsp3) is 0.333. The van der Waals surface area contributed by atoms with E-state index in [1.807, 2.05) is 12.9 Å². The SMILES string of the molecule is C[B]C(C)c1cccc(F)c1. The van der Waals surface area contributed by atoms with Crippen LogP contribution in [-0.4, -0.2) is 7.28 Å². The highest BCUT2D eigenvalue weighted by Crippen LogP contribution is 2.14. The van der Waals surface area contributed by atoms with Gasteiger partial charge in [-0.25, -0.2) is 4.39 Å². The average molecular weight is 149 g/mol. The maximum absolute atomic E-state index is 12.6. The lowest BCUT2D eigenvalue weighted by molar-refractivity contribution is 0.625. The minimum absolute atomic E-state index is 0.156. The molecule has 0 aliphatic carbocycles. The summed E-state index contributed by atoms with van der Waals surface area (Å²) in [6, 6.07) is 6.72. The van der Waals surface area contributed by atoms with Crippen LogP contribution in [-0.2, 0) is 0 Å². The summed E-state index contributed by atoms with van der Waals surface area (Å²) in [5.41, 5.74) is 1.03. The Labute approximate surface area is 67.7 Å². The van der Waals surface area contributed by atoms with Crippen molar-refractivity contribution in [1.29, 1.82) is 0 Å². The Balaban J connectivity index is 2.86. The smallest absolute Gasteiger partial charge is 0.123 e. The highest BCUT2D eigenvalue weighted by molar-refractivity contribution is 6.35. The molecule has 57 valence electrons. The Morgan fingerprint density at radius 2 is 2.18 bits per heavy atom. The van der Waals surface area contributed by atoms with Gasteiger partial charge in [0.2, 0.25) is 0 Å². The molecule has 0 saturated carbocycles. The van der Waals surface area contributed by atoms with Crippen molar-refractivity contribution < 1.29 is 4.39 Å². The van der Waals surface area contributed by atoms with Crippen molar-refractivity contribution in [3.05, 3.63) is 35.6 Å². The van der Waals surface area contributed by atoms with E-state index in [2.05, 4.69) is 14.2 Å². The van der Waals surface area contributed by atoms with E-state index in [1.165, 1.54) is 6.07 Å². The van der Waals surface area contributed by atoms with Gasteiger partial charge in [-0.05, 0) is 17.9 Å². The molecule has 1 aromatic rings. The van der Waals surface area contributed by atoms with Gasteiger partial charge >= 0.3 is 0 Å². The first-order valence-corrected chi connectivity index (χ1v) is 3.79. The molecular formula is C9H11BF. The summed E-state index contributed by atoms with van der Waals surface area (Å²) in [4.78, 5) is 0. The summed E-state index contributed by atoms with van der Waals surface area (Å²) in [6.07, 6.45) is 0. The van der Waals surface area contributed by atoms with Gasteiger partial charge in [0.25, 0.3) is 0 Å². The maximum atomic E-state index is 12.6. The second kappa shape index (κ2) is 3.56. The zero-order valence-electron chi connectivity index (χ0n) is 6.84. The molecule has 1 rings (SSSR count). The van der Waals surface area contributed by atoms with Crippen molar-refractivity contribution in [3.63, 3.8) is 0 Å². The van der Waals surface area contributed by atoms with Crippen LogP contribution in [0.25, 0.3) is 0 Å². The van der Waals surface area contributed by atoms with Crippen molar-refractivity contribution in [2.45, 2.75) is 19.6 Å². The van der Waals surface area contributed by atoms with Gasteiger partial charge in [0.1, 0.15) is 13.1 Å². The quantitative estimate of drug-likeness (QED) is 0.567. The summed E-state index contributed by atoms with van der Waals surface area (Å²) < 4.78 is 12.6. The van der Waals surface area contributed by atoms with Gasteiger partial charge in [-0.15, -0.1) is 0 Å². The monoisotopic (exact) mass is 149 g/mol. The van der Waals surface area contributed by atoms with Gasteiger partial charge in [0.05, 0.1) is 0 Å². The molecule has 1 atom stereocenters. The maximum Gasteiger partial charge on any atom is 0.123 e. The number of hydrogen-bond donors (Lipinski definition) is 0. The summed E-state index contributed by atoms with van der Waals surface area (Å²) in [6.45, 7) is 4.03. The first-order valence-electron chi connectivity index (χ1n) is 3.79. The van der Waals surface area contributed by atoms with Crippen LogP contribution in [0.3, 0.4) is 0 Å². The van der Waals surface area contributed by atoms with E-state index in [0.717, 1.165) is 5.56 Å². The lowest BCUT2D eigenvalue weighted by Gasteiger charge is -2.06. The lowest BCUT2D eigenvalue weighted by Crippen LogP contribution is -1.99. The van der Waals surface area contributed by atoms with Crippen LogP contribution in [0.1, 0.15) is 18.3 Å². The number of hydrogen-bond acceptors (Lipinski definition) is 0. The van der Waals surface area contributed by atoms with Crippen molar-refractivity contribution in [3.8, 4) is 0 Å². The highest BCUT2D eigenvalue weighted by Gasteiger charge is 2.02.